The number of fused-ring (bicyclic) bond motifs is 4. The highest BCUT2D eigenvalue weighted by Crippen LogP contribution is 2.46. The Morgan fingerprint density at radius 3 is 2.69 bits per heavy atom. The highest BCUT2D eigenvalue weighted by molar-refractivity contribution is 7.22. The van der Waals surface area contributed by atoms with Gasteiger partial charge in [0, 0.05) is 31.2 Å². The zero-order valence-electron chi connectivity index (χ0n) is 23.0. The average molecular weight is 593 g/mol. The molecule has 0 saturated heterocycles. The Morgan fingerprint density at radius 2 is 1.95 bits per heavy atom. The Morgan fingerprint density at radius 1 is 1.17 bits per heavy atom. The van der Waals surface area contributed by atoms with Crippen LogP contribution in [-0.4, -0.2) is 69.3 Å². The molecule has 1 N–H and O–H groups in total. The highest BCUT2D eigenvalue weighted by atomic mass is 32.1. The van der Waals surface area contributed by atoms with Crippen LogP contribution in [-0.2, 0) is 11.2 Å². The summed E-state index contributed by atoms with van der Waals surface area (Å²) in [5, 5.41) is 9.51. The number of anilines is 1. The van der Waals surface area contributed by atoms with Crippen molar-refractivity contribution in [2.75, 3.05) is 32.3 Å². The first kappa shape index (κ1) is 27.5. The van der Waals surface area contributed by atoms with Crippen molar-refractivity contribution in [1.82, 2.24) is 24.9 Å². The smallest absolute Gasteiger partial charge is 0.417 e. The van der Waals surface area contributed by atoms with E-state index in [0.717, 1.165) is 15.8 Å². The number of hydrogen-bond donors (Lipinski definition) is 1. The second kappa shape index (κ2) is 10.6. The molecule has 1 atom stereocenters. The van der Waals surface area contributed by atoms with Crippen molar-refractivity contribution in [3.05, 3.63) is 53.7 Å². The summed E-state index contributed by atoms with van der Waals surface area (Å²) in [6.45, 7) is 3.39. The second-order valence-electron chi connectivity index (χ2n) is 9.76. The van der Waals surface area contributed by atoms with E-state index in [0.29, 0.717) is 38.7 Å². The van der Waals surface area contributed by atoms with E-state index >= 15 is 4.39 Å². The van der Waals surface area contributed by atoms with E-state index in [2.05, 4.69) is 19.9 Å². The van der Waals surface area contributed by atoms with Crippen LogP contribution in [0.2, 0.25) is 0 Å². The van der Waals surface area contributed by atoms with Crippen molar-refractivity contribution in [3.8, 4) is 28.2 Å². The summed E-state index contributed by atoms with van der Waals surface area (Å²) < 4.78 is 38.0. The van der Waals surface area contributed by atoms with Crippen LogP contribution in [0.15, 0.2) is 36.8 Å². The first-order chi connectivity index (χ1) is 20.2. The third kappa shape index (κ3) is 4.99. The van der Waals surface area contributed by atoms with Gasteiger partial charge in [-0.1, -0.05) is 0 Å². The van der Waals surface area contributed by atoms with E-state index in [-0.39, 0.29) is 31.4 Å². The minimum atomic E-state index is -1.48. The number of hydrogen-bond acceptors (Lipinski definition) is 12. The first-order valence-corrected chi connectivity index (χ1v) is 13.6. The summed E-state index contributed by atoms with van der Waals surface area (Å²) in [5.74, 6) is -1.66. The molecule has 6 rings (SSSR count). The lowest BCUT2D eigenvalue weighted by atomic mass is 10.1. The molecule has 2 aromatic carbocycles. The number of benzene rings is 2. The van der Waals surface area contributed by atoms with Crippen LogP contribution in [0.25, 0.3) is 31.8 Å². The van der Waals surface area contributed by atoms with Gasteiger partial charge in [-0.05, 0) is 24.6 Å². The molecule has 1 aliphatic heterocycles. The predicted molar refractivity (Wildman–Crippen MR) is 152 cm³/mol. The topological polar surface area (TPSA) is 142 Å². The van der Waals surface area contributed by atoms with Crippen molar-refractivity contribution in [1.29, 1.82) is 0 Å². The van der Waals surface area contributed by atoms with E-state index in [9.17, 15) is 4.79 Å². The zero-order valence-corrected chi connectivity index (χ0v) is 23.9. The number of ether oxygens (including phenoxy) is 4. The average Bonchev–Trinajstić information content (AvgIpc) is 3.56. The molecule has 14 heteroatoms. The van der Waals surface area contributed by atoms with Crippen LogP contribution >= 0.6 is 11.3 Å². The summed E-state index contributed by atoms with van der Waals surface area (Å²) >= 11 is 1.38. The molecule has 0 bridgehead atoms. The van der Waals surface area contributed by atoms with Crippen LogP contribution in [0.3, 0.4) is 0 Å². The second-order valence-corrected chi connectivity index (χ2v) is 10.8. The van der Waals surface area contributed by atoms with Gasteiger partial charge in [-0.25, -0.2) is 34.1 Å². The van der Waals surface area contributed by atoms with E-state index in [1.165, 1.54) is 48.9 Å². The molecule has 3 aromatic heterocycles. The number of carbonyl (C=O) groups is 1. The standard InChI is InChI=1S/C28H25FN6O6S/c1-14-7-16(22-19(8-14)33-21(38-4)13-30-22)25-34-20-9-18(29)23-17(24(20)42-25)10-28(2,40-23)41-27(37)35(3)15-11-31-26(32-12-15)39-6-5-36/h7-9,11-13,36H,5-6,10H2,1-4H3/t28-/m1/s1. The molecular weight excluding hydrogens is 567 g/mol. The molecule has 1 aliphatic rings. The van der Waals surface area contributed by atoms with Gasteiger partial charge in [0.25, 0.3) is 5.79 Å². The third-order valence-corrected chi connectivity index (χ3v) is 7.77. The number of aryl methyl sites for hydroxylation is 1. The highest BCUT2D eigenvalue weighted by Gasteiger charge is 2.43. The van der Waals surface area contributed by atoms with Gasteiger partial charge in [-0.3, -0.25) is 4.90 Å². The van der Waals surface area contributed by atoms with E-state index in [1.54, 1.807) is 13.1 Å². The van der Waals surface area contributed by atoms with E-state index < -0.39 is 17.7 Å². The number of aliphatic hydroxyl groups excluding tert-OH is 1. The summed E-state index contributed by atoms with van der Waals surface area (Å²) in [5.41, 5.74) is 4.38. The summed E-state index contributed by atoms with van der Waals surface area (Å²) in [7, 11) is 3.02. The Hall–Kier alpha value is -4.69. The number of nitrogens with zero attached hydrogens (tertiary/aromatic N) is 6. The Balaban J connectivity index is 1.28. The predicted octanol–water partition coefficient (Wildman–Crippen LogP) is 4.45. The van der Waals surface area contributed by atoms with Crippen molar-refractivity contribution < 1.29 is 33.2 Å². The van der Waals surface area contributed by atoms with Crippen molar-refractivity contribution in [3.63, 3.8) is 0 Å². The quantitative estimate of drug-likeness (QED) is 0.286. The first-order valence-electron chi connectivity index (χ1n) is 12.8. The zero-order chi connectivity index (χ0) is 29.6. The maximum atomic E-state index is 15.3. The molecule has 42 heavy (non-hydrogen) atoms. The van der Waals surface area contributed by atoms with Gasteiger partial charge in [-0.2, -0.15) is 0 Å². The number of rotatable bonds is 7. The molecule has 0 spiro atoms. The molecular formula is C28H25FN6O6S. The minimum Gasteiger partial charge on any atom is -0.480 e. The molecule has 12 nitrogen and oxygen atoms in total. The van der Waals surface area contributed by atoms with Crippen LogP contribution in [0.5, 0.6) is 17.6 Å². The SMILES string of the molecule is COc1cnc2c(-c3nc4cc(F)c5c(c4s3)C[C@@](C)(OC(=O)N(C)c3cnc(OCCO)nc3)O5)cc(C)cc2n1. The number of methoxy groups -OCH3 is 1. The van der Waals surface area contributed by atoms with E-state index in [4.69, 9.17) is 29.0 Å². The molecule has 0 saturated carbocycles. The lowest BCUT2D eigenvalue weighted by Crippen LogP contribution is -2.41. The number of carbonyl (C=O) groups excluding carboxylic acids is 1. The fourth-order valence-electron chi connectivity index (χ4n) is 4.66. The fourth-order valence-corrected chi connectivity index (χ4v) is 5.76. The molecule has 1 amide bonds. The fraction of sp³-hybridized carbons (Fsp3) is 0.286. The van der Waals surface area contributed by atoms with Gasteiger partial charge < -0.3 is 24.1 Å². The van der Waals surface area contributed by atoms with Crippen LogP contribution < -0.4 is 19.1 Å². The number of aromatic nitrogens is 5. The summed E-state index contributed by atoms with van der Waals surface area (Å²) in [6.07, 6.45) is 3.66. The van der Waals surface area contributed by atoms with Gasteiger partial charge >= 0.3 is 12.1 Å². The Labute approximate surface area is 242 Å². The number of amides is 1. The van der Waals surface area contributed by atoms with Gasteiger partial charge in [0.2, 0.25) is 5.88 Å². The molecule has 216 valence electrons. The number of aliphatic hydroxyl groups is 1. The largest absolute Gasteiger partial charge is 0.480 e. The minimum absolute atomic E-state index is 0.0167. The summed E-state index contributed by atoms with van der Waals surface area (Å²) in [6, 6.07) is 5.25. The number of halogens is 1. The van der Waals surface area contributed by atoms with Gasteiger partial charge in [0.05, 0.1) is 65.7 Å². The van der Waals surface area contributed by atoms with Crippen molar-refractivity contribution in [2.24, 2.45) is 0 Å². The van der Waals surface area contributed by atoms with Crippen molar-refractivity contribution in [2.45, 2.75) is 26.1 Å². The van der Waals surface area contributed by atoms with Gasteiger partial charge in [-0.15, -0.1) is 11.3 Å². The maximum Gasteiger partial charge on any atom is 0.417 e. The van der Waals surface area contributed by atoms with Crippen LogP contribution in [0.1, 0.15) is 18.1 Å². The molecule has 4 heterocycles. The summed E-state index contributed by atoms with van der Waals surface area (Å²) in [4.78, 5) is 36.0. The van der Waals surface area contributed by atoms with Gasteiger partial charge in [0.15, 0.2) is 11.6 Å². The van der Waals surface area contributed by atoms with Crippen LogP contribution in [0.4, 0.5) is 14.9 Å². The molecule has 0 unspecified atom stereocenters. The normalized spacial score (nSPS) is 15.9. The molecule has 0 fully saturated rings. The Kier molecular flexibility index (Phi) is 6.94. The molecule has 5 aromatic rings. The lowest BCUT2D eigenvalue weighted by molar-refractivity contribution is -0.108. The number of thiazole rings is 1. The Bertz CT molecular complexity index is 1830. The van der Waals surface area contributed by atoms with Crippen LogP contribution in [0, 0.1) is 12.7 Å². The molecule has 0 aliphatic carbocycles. The monoisotopic (exact) mass is 592 g/mol. The maximum absolute atomic E-state index is 15.3. The van der Waals surface area contributed by atoms with Gasteiger partial charge in [0.1, 0.15) is 11.6 Å². The van der Waals surface area contributed by atoms with E-state index in [1.807, 2.05) is 19.1 Å². The lowest BCUT2D eigenvalue weighted by Gasteiger charge is -2.27. The van der Waals surface area contributed by atoms with Crippen molar-refractivity contribution >= 4 is 44.4 Å². The molecule has 0 radical (unpaired) electrons. The third-order valence-electron chi connectivity index (χ3n) is 6.61.